The second-order valence-electron chi connectivity index (χ2n) is 5.16. The molecule has 94 valence electrons. The Morgan fingerprint density at radius 2 is 1.59 bits per heavy atom. The lowest BCUT2D eigenvalue weighted by molar-refractivity contribution is 0.362. The van der Waals surface area contributed by atoms with Gasteiger partial charge in [-0.15, -0.1) is 0 Å². The molecule has 1 nitrogen and oxygen atoms in total. The SMILES string of the molecule is CC.Cc1ccccc1C1CC2CCC(C1)N2. The number of aryl methyl sites for hydroxylation is 1. The van der Waals surface area contributed by atoms with E-state index in [1.165, 1.54) is 31.2 Å². The van der Waals surface area contributed by atoms with Gasteiger partial charge in [-0.1, -0.05) is 38.1 Å². The van der Waals surface area contributed by atoms with Crippen molar-refractivity contribution in [2.24, 2.45) is 0 Å². The maximum atomic E-state index is 3.71. The molecule has 2 bridgehead atoms. The van der Waals surface area contributed by atoms with E-state index >= 15 is 0 Å². The van der Waals surface area contributed by atoms with Gasteiger partial charge in [0.2, 0.25) is 0 Å². The largest absolute Gasteiger partial charge is 0.311 e. The number of fused-ring (bicyclic) bond motifs is 2. The topological polar surface area (TPSA) is 12.0 Å². The molecule has 2 heterocycles. The zero-order valence-corrected chi connectivity index (χ0v) is 11.4. The number of piperidine rings is 1. The van der Waals surface area contributed by atoms with Crippen molar-refractivity contribution in [3.05, 3.63) is 35.4 Å². The molecule has 0 radical (unpaired) electrons. The van der Waals surface area contributed by atoms with Gasteiger partial charge in [-0.2, -0.15) is 0 Å². The summed E-state index contributed by atoms with van der Waals surface area (Å²) in [7, 11) is 0. The number of rotatable bonds is 1. The Kier molecular flexibility index (Phi) is 4.22. The molecule has 1 aromatic carbocycles. The third-order valence-electron chi connectivity index (χ3n) is 4.10. The summed E-state index contributed by atoms with van der Waals surface area (Å²) in [6, 6.07) is 10.5. The Balaban J connectivity index is 0.000000514. The molecule has 2 saturated heterocycles. The first kappa shape index (κ1) is 12.6. The van der Waals surface area contributed by atoms with Gasteiger partial charge in [0, 0.05) is 12.1 Å². The van der Waals surface area contributed by atoms with Crippen LogP contribution < -0.4 is 5.32 Å². The molecule has 0 aromatic heterocycles. The van der Waals surface area contributed by atoms with E-state index in [-0.39, 0.29) is 0 Å². The average molecular weight is 231 g/mol. The average Bonchev–Trinajstić information content (AvgIpc) is 2.71. The second kappa shape index (κ2) is 5.68. The summed E-state index contributed by atoms with van der Waals surface area (Å²) in [5.41, 5.74) is 3.07. The first-order valence-electron chi connectivity index (χ1n) is 7.14. The van der Waals surface area contributed by atoms with E-state index in [1.54, 1.807) is 5.56 Å². The summed E-state index contributed by atoms with van der Waals surface area (Å²) >= 11 is 0. The van der Waals surface area contributed by atoms with Gasteiger partial charge in [0.25, 0.3) is 0 Å². The lowest BCUT2D eigenvalue weighted by atomic mass is 9.84. The minimum atomic E-state index is 0.799. The van der Waals surface area contributed by atoms with Crippen molar-refractivity contribution in [2.75, 3.05) is 0 Å². The van der Waals surface area contributed by atoms with Gasteiger partial charge >= 0.3 is 0 Å². The lowest BCUT2D eigenvalue weighted by Crippen LogP contribution is -2.37. The van der Waals surface area contributed by atoms with Crippen LogP contribution >= 0.6 is 0 Å². The van der Waals surface area contributed by atoms with Crippen LogP contribution in [0, 0.1) is 6.92 Å². The van der Waals surface area contributed by atoms with Crippen molar-refractivity contribution < 1.29 is 0 Å². The monoisotopic (exact) mass is 231 g/mol. The molecule has 1 aromatic rings. The van der Waals surface area contributed by atoms with E-state index in [2.05, 4.69) is 36.5 Å². The van der Waals surface area contributed by atoms with Crippen LogP contribution in [0.4, 0.5) is 0 Å². The number of nitrogens with one attached hydrogen (secondary N) is 1. The zero-order chi connectivity index (χ0) is 12.3. The highest BCUT2D eigenvalue weighted by molar-refractivity contribution is 5.30. The normalized spacial score (nSPS) is 30.6. The number of hydrogen-bond acceptors (Lipinski definition) is 1. The third kappa shape index (κ3) is 2.71. The molecule has 2 aliphatic rings. The Morgan fingerprint density at radius 3 is 2.18 bits per heavy atom. The predicted octanol–water partition coefficient (Wildman–Crippen LogP) is 4.02. The Labute approximate surface area is 106 Å². The molecule has 1 N–H and O–H groups in total. The Morgan fingerprint density at radius 1 is 1.00 bits per heavy atom. The summed E-state index contributed by atoms with van der Waals surface area (Å²) in [6.45, 7) is 6.25. The molecule has 2 unspecified atom stereocenters. The van der Waals surface area contributed by atoms with E-state index < -0.39 is 0 Å². The molecule has 0 amide bonds. The molecule has 2 atom stereocenters. The second-order valence-corrected chi connectivity index (χ2v) is 5.16. The quantitative estimate of drug-likeness (QED) is 0.769. The van der Waals surface area contributed by atoms with E-state index in [4.69, 9.17) is 0 Å². The number of hydrogen-bond donors (Lipinski definition) is 1. The zero-order valence-electron chi connectivity index (χ0n) is 11.4. The minimum absolute atomic E-state index is 0.799. The highest BCUT2D eigenvalue weighted by Crippen LogP contribution is 2.38. The summed E-state index contributed by atoms with van der Waals surface area (Å²) in [6.07, 6.45) is 5.49. The molecule has 1 heteroatoms. The van der Waals surface area contributed by atoms with Gasteiger partial charge in [-0.3, -0.25) is 0 Å². The van der Waals surface area contributed by atoms with E-state index in [9.17, 15) is 0 Å². The van der Waals surface area contributed by atoms with Crippen LogP contribution in [0.5, 0.6) is 0 Å². The van der Waals surface area contributed by atoms with Gasteiger partial charge in [0.05, 0.1) is 0 Å². The fourth-order valence-corrected chi connectivity index (χ4v) is 3.36. The summed E-state index contributed by atoms with van der Waals surface area (Å²) in [4.78, 5) is 0. The van der Waals surface area contributed by atoms with Crippen LogP contribution in [0.1, 0.15) is 56.6 Å². The van der Waals surface area contributed by atoms with Crippen LogP contribution in [0.25, 0.3) is 0 Å². The molecule has 17 heavy (non-hydrogen) atoms. The predicted molar refractivity (Wildman–Crippen MR) is 74.4 cm³/mol. The van der Waals surface area contributed by atoms with Gasteiger partial charge in [0.15, 0.2) is 0 Å². The van der Waals surface area contributed by atoms with Crippen LogP contribution in [0.2, 0.25) is 0 Å². The van der Waals surface area contributed by atoms with E-state index in [1.807, 2.05) is 13.8 Å². The molecular weight excluding hydrogens is 206 g/mol. The lowest BCUT2D eigenvalue weighted by Gasteiger charge is -2.30. The molecule has 2 fully saturated rings. The molecule has 0 spiro atoms. The highest BCUT2D eigenvalue weighted by atomic mass is 15.0. The fourth-order valence-electron chi connectivity index (χ4n) is 3.36. The Bertz CT molecular complexity index is 346. The van der Waals surface area contributed by atoms with E-state index in [0.717, 1.165) is 18.0 Å². The first-order chi connectivity index (χ1) is 8.33. The summed E-state index contributed by atoms with van der Waals surface area (Å²) in [5, 5.41) is 3.71. The highest BCUT2D eigenvalue weighted by Gasteiger charge is 2.34. The van der Waals surface area contributed by atoms with Crippen LogP contribution in [0.3, 0.4) is 0 Å². The smallest absolute Gasteiger partial charge is 0.00760 e. The maximum Gasteiger partial charge on any atom is 0.00760 e. The molecule has 0 saturated carbocycles. The maximum absolute atomic E-state index is 3.71. The standard InChI is InChI=1S/C14H19N.C2H6/c1-10-4-2-3-5-14(10)11-8-12-6-7-13(9-11)15-12;1-2/h2-5,11-13,15H,6-9H2,1H3;1-2H3. The van der Waals surface area contributed by atoms with Crippen molar-refractivity contribution in [3.63, 3.8) is 0 Å². The van der Waals surface area contributed by atoms with Crippen molar-refractivity contribution in [2.45, 2.75) is 64.5 Å². The number of benzene rings is 1. The Hall–Kier alpha value is -0.820. The summed E-state index contributed by atoms with van der Waals surface area (Å²) in [5.74, 6) is 0.810. The first-order valence-corrected chi connectivity index (χ1v) is 7.14. The summed E-state index contributed by atoms with van der Waals surface area (Å²) < 4.78 is 0. The van der Waals surface area contributed by atoms with Gasteiger partial charge in [-0.05, 0) is 49.7 Å². The van der Waals surface area contributed by atoms with Crippen molar-refractivity contribution in [1.29, 1.82) is 0 Å². The molecule has 3 rings (SSSR count). The van der Waals surface area contributed by atoms with Gasteiger partial charge in [0.1, 0.15) is 0 Å². The van der Waals surface area contributed by atoms with Crippen molar-refractivity contribution >= 4 is 0 Å². The van der Waals surface area contributed by atoms with Crippen molar-refractivity contribution in [1.82, 2.24) is 5.32 Å². The van der Waals surface area contributed by atoms with Gasteiger partial charge < -0.3 is 5.32 Å². The van der Waals surface area contributed by atoms with Crippen LogP contribution in [-0.4, -0.2) is 12.1 Å². The molecule has 2 aliphatic heterocycles. The molecular formula is C16H25N. The molecule has 0 aliphatic carbocycles. The minimum Gasteiger partial charge on any atom is -0.311 e. The van der Waals surface area contributed by atoms with Crippen molar-refractivity contribution in [3.8, 4) is 0 Å². The van der Waals surface area contributed by atoms with Gasteiger partial charge in [-0.25, -0.2) is 0 Å². The van der Waals surface area contributed by atoms with E-state index in [0.29, 0.717) is 0 Å². The fraction of sp³-hybridized carbons (Fsp3) is 0.625. The van der Waals surface area contributed by atoms with Crippen LogP contribution in [0.15, 0.2) is 24.3 Å². The van der Waals surface area contributed by atoms with Crippen LogP contribution in [-0.2, 0) is 0 Å². The third-order valence-corrected chi connectivity index (χ3v) is 4.10.